The van der Waals surface area contributed by atoms with Crippen molar-refractivity contribution in [3.05, 3.63) is 28.4 Å². The molecule has 0 fully saturated rings. The molecule has 0 saturated heterocycles. The van der Waals surface area contributed by atoms with E-state index >= 15 is 0 Å². The number of hydrogen-bond donors (Lipinski definition) is 1. The highest BCUT2D eigenvalue weighted by Crippen LogP contribution is 2.24. The van der Waals surface area contributed by atoms with Gasteiger partial charge in [-0.25, -0.2) is 9.97 Å². The van der Waals surface area contributed by atoms with Crippen molar-refractivity contribution >= 4 is 28.4 Å². The van der Waals surface area contributed by atoms with Crippen LogP contribution in [-0.2, 0) is 10.7 Å². The third-order valence-corrected chi connectivity index (χ3v) is 12.9. The van der Waals surface area contributed by atoms with Gasteiger partial charge in [0.1, 0.15) is 0 Å². The Hall–Kier alpha value is -0.906. The first kappa shape index (κ1) is 20.1. The van der Waals surface area contributed by atoms with Gasteiger partial charge in [-0.05, 0) is 56.3 Å². The molecule has 0 unspecified atom stereocenters. The van der Waals surface area contributed by atoms with Gasteiger partial charge in [0.25, 0.3) is 0 Å². The summed E-state index contributed by atoms with van der Waals surface area (Å²) in [6.45, 7) is 10.0. The van der Waals surface area contributed by atoms with E-state index in [0.717, 1.165) is 35.1 Å². The number of aromatic nitrogens is 2. The highest BCUT2D eigenvalue weighted by Gasteiger charge is 2.32. The van der Waals surface area contributed by atoms with Crippen LogP contribution in [0, 0.1) is 0 Å². The topological polar surface area (TPSA) is 110 Å². The summed E-state index contributed by atoms with van der Waals surface area (Å²) in [5.74, 6) is 0. The zero-order chi connectivity index (χ0) is 17.3. The zero-order valence-electron chi connectivity index (χ0n) is 14.3. The molecule has 0 amide bonds. The van der Waals surface area contributed by atoms with Crippen LogP contribution in [0.2, 0.25) is 32.2 Å². The standard InChI is InChI=1S/C13H26N6OSSi2/c1-22(2,7-5-6-14)20-23(3,4)11-21-13-16-8-12(9-17-13)10-18-19-15/h8-9H,5-7,10-11,14H2,1-4H3. The lowest BCUT2D eigenvalue weighted by Crippen LogP contribution is -2.46. The van der Waals surface area contributed by atoms with Crippen LogP contribution in [0.1, 0.15) is 12.0 Å². The van der Waals surface area contributed by atoms with E-state index in [9.17, 15) is 0 Å². The Kier molecular flexibility index (Phi) is 8.23. The largest absolute Gasteiger partial charge is 0.455 e. The molecule has 1 aromatic heterocycles. The summed E-state index contributed by atoms with van der Waals surface area (Å²) in [5.41, 5.74) is 14.7. The average molecular weight is 371 g/mol. The van der Waals surface area contributed by atoms with E-state index in [0.29, 0.717) is 0 Å². The maximum atomic E-state index is 8.30. The molecule has 1 rings (SSSR count). The molecular weight excluding hydrogens is 344 g/mol. The third kappa shape index (κ3) is 8.49. The van der Waals surface area contributed by atoms with E-state index in [2.05, 4.69) is 46.2 Å². The van der Waals surface area contributed by atoms with Gasteiger partial charge in [0.2, 0.25) is 0 Å². The molecule has 0 saturated carbocycles. The summed E-state index contributed by atoms with van der Waals surface area (Å²) in [6, 6.07) is 1.11. The van der Waals surface area contributed by atoms with E-state index in [1.54, 1.807) is 24.2 Å². The van der Waals surface area contributed by atoms with Crippen LogP contribution in [0.15, 0.2) is 22.7 Å². The SMILES string of the molecule is C[Si](C)(CCCN)O[Si](C)(C)CSc1ncc(CN=[N+]=[N-])cn1. The monoisotopic (exact) mass is 370 g/mol. The Bertz CT molecular complexity index is 534. The lowest BCUT2D eigenvalue weighted by atomic mass is 10.4. The van der Waals surface area contributed by atoms with Crippen molar-refractivity contribution < 1.29 is 4.12 Å². The van der Waals surface area contributed by atoms with Crippen LogP contribution in [0.3, 0.4) is 0 Å². The van der Waals surface area contributed by atoms with Crippen LogP contribution in [-0.4, -0.2) is 38.5 Å². The molecule has 23 heavy (non-hydrogen) atoms. The predicted molar refractivity (Wildman–Crippen MR) is 100 cm³/mol. The summed E-state index contributed by atoms with van der Waals surface area (Å²) in [4.78, 5) is 11.3. The van der Waals surface area contributed by atoms with Gasteiger partial charge in [-0.1, -0.05) is 16.9 Å². The molecule has 0 atom stereocenters. The average Bonchev–Trinajstić information content (AvgIpc) is 2.49. The fraction of sp³-hybridized carbons (Fsp3) is 0.692. The molecule has 7 nitrogen and oxygen atoms in total. The van der Waals surface area contributed by atoms with E-state index in [1.807, 2.05) is 0 Å². The van der Waals surface area contributed by atoms with Gasteiger partial charge in [0.15, 0.2) is 21.8 Å². The molecule has 0 aliphatic carbocycles. The van der Waals surface area contributed by atoms with Gasteiger partial charge in [-0.15, -0.1) is 0 Å². The second-order valence-electron chi connectivity index (χ2n) is 6.57. The second kappa shape index (κ2) is 9.40. The number of nitrogens with zero attached hydrogens (tertiary/aromatic N) is 5. The Morgan fingerprint density at radius 3 is 2.48 bits per heavy atom. The molecular formula is C13H26N6OSSi2. The maximum absolute atomic E-state index is 8.30. The molecule has 0 aromatic carbocycles. The number of rotatable bonds is 10. The lowest BCUT2D eigenvalue weighted by molar-refractivity contribution is 0.543. The van der Waals surface area contributed by atoms with E-state index in [-0.39, 0.29) is 6.54 Å². The van der Waals surface area contributed by atoms with Crippen molar-refractivity contribution in [3.63, 3.8) is 0 Å². The van der Waals surface area contributed by atoms with Crippen LogP contribution in [0.4, 0.5) is 0 Å². The smallest absolute Gasteiger partial charge is 0.187 e. The molecule has 0 radical (unpaired) electrons. The second-order valence-corrected chi connectivity index (χ2v) is 16.7. The van der Waals surface area contributed by atoms with Crippen molar-refractivity contribution in [2.75, 3.05) is 11.9 Å². The highest BCUT2D eigenvalue weighted by molar-refractivity contribution is 8.00. The molecule has 128 valence electrons. The molecule has 1 heterocycles. The Balaban J connectivity index is 2.53. The highest BCUT2D eigenvalue weighted by atomic mass is 32.2. The molecule has 10 heteroatoms. The van der Waals surface area contributed by atoms with Crippen molar-refractivity contribution in [1.82, 2.24) is 9.97 Å². The first-order chi connectivity index (χ1) is 10.8. The van der Waals surface area contributed by atoms with Crippen LogP contribution >= 0.6 is 11.8 Å². The molecule has 0 bridgehead atoms. The summed E-state index contributed by atoms with van der Waals surface area (Å²) in [6.07, 6.45) is 4.45. The minimum absolute atomic E-state index is 0.283. The van der Waals surface area contributed by atoms with Gasteiger partial charge >= 0.3 is 0 Å². The van der Waals surface area contributed by atoms with E-state index < -0.39 is 16.6 Å². The predicted octanol–water partition coefficient (Wildman–Crippen LogP) is 3.69. The minimum Gasteiger partial charge on any atom is -0.455 e. The molecule has 0 aliphatic heterocycles. The Morgan fingerprint density at radius 1 is 1.26 bits per heavy atom. The maximum Gasteiger partial charge on any atom is 0.187 e. The van der Waals surface area contributed by atoms with Crippen molar-refractivity contribution in [1.29, 1.82) is 0 Å². The van der Waals surface area contributed by atoms with E-state index in [4.69, 9.17) is 15.4 Å². The minimum atomic E-state index is -1.77. The van der Waals surface area contributed by atoms with Crippen LogP contribution in [0.25, 0.3) is 10.4 Å². The quantitative estimate of drug-likeness (QED) is 0.169. The zero-order valence-corrected chi connectivity index (χ0v) is 17.1. The lowest BCUT2D eigenvalue weighted by Gasteiger charge is -2.33. The van der Waals surface area contributed by atoms with Gasteiger partial charge in [0.05, 0.1) is 6.54 Å². The molecule has 0 spiro atoms. The van der Waals surface area contributed by atoms with Gasteiger partial charge in [-0.2, -0.15) is 0 Å². The van der Waals surface area contributed by atoms with E-state index in [1.165, 1.54) is 0 Å². The Morgan fingerprint density at radius 2 is 1.91 bits per heavy atom. The van der Waals surface area contributed by atoms with Crippen molar-refractivity contribution in [3.8, 4) is 0 Å². The third-order valence-electron chi connectivity index (χ3n) is 3.08. The van der Waals surface area contributed by atoms with Crippen LogP contribution < -0.4 is 5.73 Å². The fourth-order valence-corrected chi connectivity index (χ4v) is 12.6. The van der Waals surface area contributed by atoms with Crippen LogP contribution in [0.5, 0.6) is 0 Å². The van der Waals surface area contributed by atoms with Gasteiger partial charge in [0, 0.05) is 22.7 Å². The first-order valence-corrected chi connectivity index (χ1v) is 14.8. The number of nitrogens with two attached hydrogens (primary N) is 1. The molecule has 1 aromatic rings. The molecule has 2 N–H and O–H groups in total. The van der Waals surface area contributed by atoms with Gasteiger partial charge in [-0.3, -0.25) is 0 Å². The van der Waals surface area contributed by atoms with Crippen molar-refractivity contribution in [2.45, 2.75) is 50.4 Å². The number of azide groups is 1. The number of hydrogen-bond acceptors (Lipinski definition) is 6. The molecule has 0 aliphatic rings. The Labute approximate surface area is 144 Å². The van der Waals surface area contributed by atoms with Crippen molar-refractivity contribution in [2.24, 2.45) is 10.8 Å². The number of thioether (sulfide) groups is 1. The first-order valence-electron chi connectivity index (χ1n) is 7.63. The summed E-state index contributed by atoms with van der Waals surface area (Å²) < 4.78 is 6.52. The summed E-state index contributed by atoms with van der Waals surface area (Å²) in [7, 11) is -3.41. The fourth-order valence-electron chi connectivity index (χ4n) is 2.21. The summed E-state index contributed by atoms with van der Waals surface area (Å²) >= 11 is 1.63. The summed E-state index contributed by atoms with van der Waals surface area (Å²) in [5, 5.41) is 5.15. The normalized spacial score (nSPS) is 12.0. The van der Waals surface area contributed by atoms with Gasteiger partial charge < -0.3 is 9.85 Å².